The normalized spacial score (nSPS) is 21.4. The second-order valence-electron chi connectivity index (χ2n) is 2.50. The molecule has 0 spiro atoms. The molecule has 1 rings (SSSR count). The second kappa shape index (κ2) is 6.33. The lowest BCUT2D eigenvalue weighted by atomic mass is 10.6. The molecule has 6 nitrogen and oxygen atoms in total. The van der Waals surface area contributed by atoms with Crippen LogP contribution in [0.25, 0.3) is 0 Å². The number of ether oxygens (including phenoxy) is 4. The van der Waals surface area contributed by atoms with Crippen molar-refractivity contribution >= 4 is 11.9 Å². The van der Waals surface area contributed by atoms with Crippen LogP contribution in [0.1, 0.15) is 0 Å². The molecule has 1 saturated heterocycles. The van der Waals surface area contributed by atoms with Gasteiger partial charge in [0.2, 0.25) is 0 Å². The summed E-state index contributed by atoms with van der Waals surface area (Å²) in [5.41, 5.74) is 0. The van der Waals surface area contributed by atoms with E-state index in [1.807, 2.05) is 0 Å². The molecule has 0 amide bonds. The Kier molecular flexibility index (Phi) is 4.95. The summed E-state index contributed by atoms with van der Waals surface area (Å²) in [4.78, 5) is 21.7. The number of esters is 2. The molecule has 6 heteroatoms. The Morgan fingerprint density at radius 2 is 1.00 bits per heavy atom. The lowest BCUT2D eigenvalue weighted by molar-refractivity contribution is -0.170. The standard InChI is InChI=1S/C8H12O6/c9-7-8(10)14-6-4-12-2-1-11-3-5-13-7/h1-6H2. The van der Waals surface area contributed by atoms with E-state index in [0.717, 1.165) is 0 Å². The molecule has 0 bridgehead atoms. The summed E-state index contributed by atoms with van der Waals surface area (Å²) >= 11 is 0. The Morgan fingerprint density at radius 3 is 1.43 bits per heavy atom. The predicted molar refractivity (Wildman–Crippen MR) is 43.6 cm³/mol. The third-order valence-electron chi connectivity index (χ3n) is 1.46. The minimum absolute atomic E-state index is 0.0495. The largest absolute Gasteiger partial charge is 0.455 e. The van der Waals surface area contributed by atoms with Gasteiger partial charge in [0.05, 0.1) is 26.4 Å². The van der Waals surface area contributed by atoms with Crippen LogP contribution >= 0.6 is 0 Å². The number of carbonyl (C=O) groups is 2. The minimum Gasteiger partial charge on any atom is -0.455 e. The Hall–Kier alpha value is -1.14. The van der Waals surface area contributed by atoms with Crippen molar-refractivity contribution in [1.82, 2.24) is 0 Å². The molecule has 0 N–H and O–H groups in total. The van der Waals surface area contributed by atoms with Crippen LogP contribution in [0.3, 0.4) is 0 Å². The van der Waals surface area contributed by atoms with Crippen LogP contribution in [0.15, 0.2) is 0 Å². The molecule has 1 aliphatic rings. The van der Waals surface area contributed by atoms with Gasteiger partial charge in [-0.05, 0) is 0 Å². The van der Waals surface area contributed by atoms with Crippen LogP contribution in [0.4, 0.5) is 0 Å². The first-order valence-electron chi connectivity index (χ1n) is 4.30. The van der Waals surface area contributed by atoms with Gasteiger partial charge in [0.25, 0.3) is 0 Å². The van der Waals surface area contributed by atoms with Crippen molar-refractivity contribution in [1.29, 1.82) is 0 Å². The molecular weight excluding hydrogens is 192 g/mol. The quantitative estimate of drug-likeness (QED) is 0.377. The van der Waals surface area contributed by atoms with Gasteiger partial charge in [-0.15, -0.1) is 0 Å². The zero-order chi connectivity index (χ0) is 10.2. The number of hydrogen-bond acceptors (Lipinski definition) is 6. The Bertz CT molecular complexity index is 180. The maximum Gasteiger partial charge on any atom is 0.417 e. The van der Waals surface area contributed by atoms with Crippen LogP contribution in [-0.2, 0) is 28.5 Å². The van der Waals surface area contributed by atoms with Gasteiger partial charge in [-0.2, -0.15) is 0 Å². The number of carbonyl (C=O) groups excluding carboxylic acids is 2. The van der Waals surface area contributed by atoms with Crippen LogP contribution in [0.5, 0.6) is 0 Å². The molecule has 1 aliphatic heterocycles. The number of rotatable bonds is 0. The summed E-state index contributed by atoms with van der Waals surface area (Å²) in [5, 5.41) is 0. The van der Waals surface area contributed by atoms with Gasteiger partial charge in [0.15, 0.2) is 0 Å². The van der Waals surface area contributed by atoms with E-state index >= 15 is 0 Å². The molecule has 0 radical (unpaired) electrons. The molecule has 0 aromatic heterocycles. The van der Waals surface area contributed by atoms with Crippen LogP contribution in [0.2, 0.25) is 0 Å². The van der Waals surface area contributed by atoms with E-state index in [2.05, 4.69) is 9.47 Å². The molecule has 14 heavy (non-hydrogen) atoms. The number of hydrogen-bond donors (Lipinski definition) is 0. The summed E-state index contributed by atoms with van der Waals surface area (Å²) < 4.78 is 19.2. The van der Waals surface area contributed by atoms with E-state index in [9.17, 15) is 9.59 Å². The molecule has 0 atom stereocenters. The Morgan fingerprint density at radius 1 is 0.643 bits per heavy atom. The second-order valence-corrected chi connectivity index (χ2v) is 2.50. The Balaban J connectivity index is 2.31. The lowest BCUT2D eigenvalue weighted by Crippen LogP contribution is -2.25. The molecule has 0 aliphatic carbocycles. The lowest BCUT2D eigenvalue weighted by Gasteiger charge is -2.09. The van der Waals surface area contributed by atoms with Gasteiger partial charge < -0.3 is 18.9 Å². The monoisotopic (exact) mass is 204 g/mol. The zero-order valence-electron chi connectivity index (χ0n) is 7.69. The van der Waals surface area contributed by atoms with Gasteiger partial charge >= 0.3 is 11.9 Å². The molecular formula is C8H12O6. The van der Waals surface area contributed by atoms with E-state index in [-0.39, 0.29) is 26.4 Å². The molecule has 0 aromatic rings. The van der Waals surface area contributed by atoms with Gasteiger partial charge in [-0.1, -0.05) is 0 Å². The van der Waals surface area contributed by atoms with Gasteiger partial charge in [0, 0.05) is 0 Å². The highest BCUT2D eigenvalue weighted by Crippen LogP contribution is 1.89. The zero-order valence-corrected chi connectivity index (χ0v) is 7.69. The van der Waals surface area contributed by atoms with E-state index < -0.39 is 11.9 Å². The molecule has 0 saturated carbocycles. The van der Waals surface area contributed by atoms with Crippen molar-refractivity contribution in [2.45, 2.75) is 0 Å². The van der Waals surface area contributed by atoms with Gasteiger partial charge in [-0.3, -0.25) is 0 Å². The topological polar surface area (TPSA) is 71.1 Å². The van der Waals surface area contributed by atoms with Crippen LogP contribution in [0, 0.1) is 0 Å². The third-order valence-corrected chi connectivity index (χ3v) is 1.46. The van der Waals surface area contributed by atoms with Crippen LogP contribution < -0.4 is 0 Å². The summed E-state index contributed by atoms with van der Waals surface area (Å²) in [6.07, 6.45) is 0. The third kappa shape index (κ3) is 4.20. The van der Waals surface area contributed by atoms with E-state index in [0.29, 0.717) is 13.2 Å². The highest BCUT2D eigenvalue weighted by molar-refractivity contribution is 6.29. The fraction of sp³-hybridized carbons (Fsp3) is 0.750. The van der Waals surface area contributed by atoms with Crippen molar-refractivity contribution in [2.75, 3.05) is 39.6 Å². The van der Waals surface area contributed by atoms with E-state index in [4.69, 9.17) is 9.47 Å². The average Bonchev–Trinajstić information content (AvgIpc) is 2.18. The molecule has 1 heterocycles. The molecule has 1 fully saturated rings. The Labute approximate surface area is 81.1 Å². The highest BCUT2D eigenvalue weighted by Gasteiger charge is 2.17. The average molecular weight is 204 g/mol. The van der Waals surface area contributed by atoms with Gasteiger partial charge in [-0.25, -0.2) is 9.59 Å². The summed E-state index contributed by atoms with van der Waals surface area (Å²) in [6, 6.07) is 0. The predicted octanol–water partition coefficient (Wildman–Crippen LogP) is -0.880. The van der Waals surface area contributed by atoms with E-state index in [1.54, 1.807) is 0 Å². The van der Waals surface area contributed by atoms with Crippen molar-refractivity contribution in [3.63, 3.8) is 0 Å². The maximum atomic E-state index is 10.8. The first-order valence-corrected chi connectivity index (χ1v) is 4.30. The first kappa shape index (κ1) is 10.9. The highest BCUT2D eigenvalue weighted by atomic mass is 16.6. The summed E-state index contributed by atoms with van der Waals surface area (Å²) in [5.74, 6) is -1.98. The fourth-order valence-electron chi connectivity index (χ4n) is 0.826. The fourth-order valence-corrected chi connectivity index (χ4v) is 0.826. The SMILES string of the molecule is O=C1OCCOCCOCCOC1=O. The molecule has 0 unspecified atom stereocenters. The first-order chi connectivity index (χ1) is 6.80. The smallest absolute Gasteiger partial charge is 0.417 e. The van der Waals surface area contributed by atoms with Crippen molar-refractivity contribution in [3.8, 4) is 0 Å². The molecule has 0 aromatic carbocycles. The van der Waals surface area contributed by atoms with Crippen molar-refractivity contribution in [2.24, 2.45) is 0 Å². The number of cyclic esters (lactones) is 2. The molecule has 80 valence electrons. The minimum atomic E-state index is -0.992. The van der Waals surface area contributed by atoms with Gasteiger partial charge in [0.1, 0.15) is 13.2 Å². The van der Waals surface area contributed by atoms with E-state index in [1.165, 1.54) is 0 Å². The summed E-state index contributed by atoms with van der Waals surface area (Å²) in [6.45, 7) is 1.48. The van der Waals surface area contributed by atoms with Crippen molar-refractivity contribution < 1.29 is 28.5 Å². The van der Waals surface area contributed by atoms with Crippen LogP contribution in [-0.4, -0.2) is 51.6 Å². The van der Waals surface area contributed by atoms with Crippen molar-refractivity contribution in [3.05, 3.63) is 0 Å². The maximum absolute atomic E-state index is 10.8. The summed E-state index contributed by atoms with van der Waals surface area (Å²) in [7, 11) is 0.